The third-order valence-corrected chi connectivity index (χ3v) is 2.97. The Morgan fingerprint density at radius 1 is 1.26 bits per heavy atom. The van der Waals surface area contributed by atoms with Crippen LogP contribution in [-0.4, -0.2) is 33.3 Å². The number of benzene rings is 1. The van der Waals surface area contributed by atoms with Gasteiger partial charge in [0.1, 0.15) is 5.75 Å². The smallest absolute Gasteiger partial charge is 0.305 e. The molecule has 0 atom stereocenters. The number of carbonyl (C=O) groups excluding carboxylic acids is 1. The van der Waals surface area contributed by atoms with Gasteiger partial charge in [-0.3, -0.25) is 4.79 Å². The second-order valence-electron chi connectivity index (χ2n) is 4.49. The van der Waals surface area contributed by atoms with Gasteiger partial charge < -0.3 is 14.8 Å². The van der Waals surface area contributed by atoms with Gasteiger partial charge in [0.2, 0.25) is 0 Å². The molecule has 0 amide bonds. The van der Waals surface area contributed by atoms with Crippen LogP contribution in [0.5, 0.6) is 5.75 Å². The molecule has 0 aliphatic rings. The van der Waals surface area contributed by atoms with Gasteiger partial charge in [0.25, 0.3) is 0 Å². The first-order chi connectivity index (χ1) is 9.17. The Morgan fingerprint density at radius 3 is 2.74 bits per heavy atom. The second-order valence-corrected chi connectivity index (χ2v) is 4.49. The summed E-state index contributed by atoms with van der Waals surface area (Å²) in [5, 5.41) is 3.32. The molecule has 0 aromatic heterocycles. The first-order valence-corrected chi connectivity index (χ1v) is 6.58. The van der Waals surface area contributed by atoms with Gasteiger partial charge in [0.05, 0.1) is 14.2 Å². The fourth-order valence-corrected chi connectivity index (χ4v) is 1.91. The predicted octanol–water partition coefficient (Wildman–Crippen LogP) is 2.09. The number of aryl methyl sites for hydroxylation is 1. The van der Waals surface area contributed by atoms with Crippen LogP contribution in [0.4, 0.5) is 0 Å². The molecule has 4 nitrogen and oxygen atoms in total. The quantitative estimate of drug-likeness (QED) is 0.577. The number of esters is 1. The van der Waals surface area contributed by atoms with Crippen LogP contribution in [-0.2, 0) is 16.0 Å². The Balaban J connectivity index is 2.25. The maximum atomic E-state index is 10.9. The Labute approximate surface area is 115 Å². The number of carbonyl (C=O) groups is 1. The predicted molar refractivity (Wildman–Crippen MR) is 75.6 cm³/mol. The van der Waals surface area contributed by atoms with Gasteiger partial charge in [-0.25, -0.2) is 0 Å². The number of ether oxygens (including phenoxy) is 2. The van der Waals surface area contributed by atoms with Crippen LogP contribution in [0.15, 0.2) is 18.2 Å². The third kappa shape index (κ3) is 5.75. The van der Waals surface area contributed by atoms with E-state index in [-0.39, 0.29) is 5.97 Å². The topological polar surface area (TPSA) is 47.6 Å². The monoisotopic (exact) mass is 265 g/mol. The third-order valence-electron chi connectivity index (χ3n) is 2.97. The van der Waals surface area contributed by atoms with Crippen molar-refractivity contribution in [2.45, 2.75) is 26.2 Å². The molecule has 0 radical (unpaired) electrons. The van der Waals surface area contributed by atoms with Crippen molar-refractivity contribution in [3.05, 3.63) is 29.3 Å². The number of nitrogens with one attached hydrogen (secondary N) is 1. The molecular weight excluding hydrogens is 242 g/mol. The normalized spacial score (nSPS) is 10.3. The zero-order valence-corrected chi connectivity index (χ0v) is 12.0. The summed E-state index contributed by atoms with van der Waals surface area (Å²) in [6.07, 6.45) is 2.19. The van der Waals surface area contributed by atoms with Crippen LogP contribution in [0, 0.1) is 6.92 Å². The van der Waals surface area contributed by atoms with Crippen LogP contribution in [0.1, 0.15) is 24.0 Å². The molecule has 0 aliphatic carbocycles. The maximum Gasteiger partial charge on any atom is 0.305 e. The van der Waals surface area contributed by atoms with E-state index in [2.05, 4.69) is 23.0 Å². The van der Waals surface area contributed by atoms with Crippen molar-refractivity contribution < 1.29 is 14.3 Å². The molecule has 0 heterocycles. The SMILES string of the molecule is COC(=O)CCCNCCc1cc(C)ccc1OC. The highest BCUT2D eigenvalue weighted by molar-refractivity contribution is 5.69. The molecule has 1 aromatic rings. The highest BCUT2D eigenvalue weighted by atomic mass is 16.5. The molecule has 0 aliphatic heterocycles. The van der Waals surface area contributed by atoms with Gasteiger partial charge in [0, 0.05) is 6.42 Å². The zero-order valence-electron chi connectivity index (χ0n) is 12.0. The largest absolute Gasteiger partial charge is 0.496 e. The van der Waals surface area contributed by atoms with Crippen molar-refractivity contribution in [2.75, 3.05) is 27.3 Å². The number of hydrogen-bond donors (Lipinski definition) is 1. The molecule has 4 heteroatoms. The summed E-state index contributed by atoms with van der Waals surface area (Å²) in [6.45, 7) is 3.77. The molecule has 0 saturated carbocycles. The van der Waals surface area contributed by atoms with Crippen molar-refractivity contribution in [3.8, 4) is 5.75 Å². The molecule has 19 heavy (non-hydrogen) atoms. The van der Waals surface area contributed by atoms with Crippen molar-refractivity contribution in [1.82, 2.24) is 5.32 Å². The molecule has 1 rings (SSSR count). The van der Waals surface area contributed by atoms with Gasteiger partial charge in [0.15, 0.2) is 0 Å². The number of methoxy groups -OCH3 is 2. The minimum Gasteiger partial charge on any atom is -0.496 e. The van der Waals surface area contributed by atoms with E-state index in [0.717, 1.165) is 31.7 Å². The number of rotatable bonds is 8. The Kier molecular flexibility index (Phi) is 6.97. The van der Waals surface area contributed by atoms with Crippen LogP contribution < -0.4 is 10.1 Å². The summed E-state index contributed by atoms with van der Waals surface area (Å²) in [5.41, 5.74) is 2.45. The molecule has 1 aromatic carbocycles. The van der Waals surface area contributed by atoms with E-state index in [1.165, 1.54) is 18.2 Å². The Hall–Kier alpha value is -1.55. The first-order valence-electron chi connectivity index (χ1n) is 6.58. The lowest BCUT2D eigenvalue weighted by molar-refractivity contribution is -0.140. The standard InChI is InChI=1S/C15H23NO3/c1-12-6-7-14(18-2)13(11-12)8-10-16-9-4-5-15(17)19-3/h6-7,11,16H,4-5,8-10H2,1-3H3. The highest BCUT2D eigenvalue weighted by Crippen LogP contribution is 2.19. The van der Waals surface area contributed by atoms with Gasteiger partial charge in [-0.15, -0.1) is 0 Å². The lowest BCUT2D eigenvalue weighted by Gasteiger charge is -2.10. The van der Waals surface area contributed by atoms with Crippen molar-refractivity contribution in [3.63, 3.8) is 0 Å². The second kappa shape index (κ2) is 8.53. The van der Waals surface area contributed by atoms with Gasteiger partial charge in [-0.05, 0) is 44.5 Å². The van der Waals surface area contributed by atoms with Gasteiger partial charge in [-0.1, -0.05) is 17.7 Å². The van der Waals surface area contributed by atoms with Crippen molar-refractivity contribution in [2.24, 2.45) is 0 Å². The molecule has 106 valence electrons. The van der Waals surface area contributed by atoms with E-state index < -0.39 is 0 Å². The molecule has 0 spiro atoms. The first kappa shape index (κ1) is 15.5. The van der Waals surface area contributed by atoms with E-state index in [0.29, 0.717) is 6.42 Å². The molecular formula is C15H23NO3. The van der Waals surface area contributed by atoms with E-state index >= 15 is 0 Å². The van der Waals surface area contributed by atoms with Crippen molar-refractivity contribution >= 4 is 5.97 Å². The lowest BCUT2D eigenvalue weighted by Crippen LogP contribution is -2.19. The van der Waals surface area contributed by atoms with Crippen LogP contribution >= 0.6 is 0 Å². The summed E-state index contributed by atoms with van der Waals surface area (Å²) < 4.78 is 9.92. The van der Waals surface area contributed by atoms with Gasteiger partial charge in [-0.2, -0.15) is 0 Å². The molecule has 0 fully saturated rings. The Bertz CT molecular complexity index is 404. The molecule has 0 unspecified atom stereocenters. The molecule has 0 saturated heterocycles. The highest BCUT2D eigenvalue weighted by Gasteiger charge is 2.03. The minimum atomic E-state index is -0.151. The lowest BCUT2D eigenvalue weighted by atomic mass is 10.1. The van der Waals surface area contributed by atoms with E-state index in [9.17, 15) is 4.79 Å². The average Bonchev–Trinajstić information content (AvgIpc) is 2.42. The average molecular weight is 265 g/mol. The zero-order chi connectivity index (χ0) is 14.1. The summed E-state index contributed by atoms with van der Waals surface area (Å²) in [7, 11) is 3.11. The summed E-state index contributed by atoms with van der Waals surface area (Å²) in [4.78, 5) is 10.9. The van der Waals surface area contributed by atoms with Crippen LogP contribution in [0.2, 0.25) is 0 Å². The number of hydrogen-bond acceptors (Lipinski definition) is 4. The Morgan fingerprint density at radius 2 is 2.05 bits per heavy atom. The van der Waals surface area contributed by atoms with Crippen molar-refractivity contribution in [1.29, 1.82) is 0 Å². The maximum absolute atomic E-state index is 10.9. The summed E-state index contributed by atoms with van der Waals surface area (Å²) >= 11 is 0. The summed E-state index contributed by atoms with van der Waals surface area (Å²) in [6, 6.07) is 6.20. The molecule has 0 bridgehead atoms. The minimum absolute atomic E-state index is 0.151. The van der Waals surface area contributed by atoms with Gasteiger partial charge >= 0.3 is 5.97 Å². The fourth-order valence-electron chi connectivity index (χ4n) is 1.91. The van der Waals surface area contributed by atoms with Crippen LogP contribution in [0.3, 0.4) is 0 Å². The van der Waals surface area contributed by atoms with E-state index in [1.54, 1.807) is 7.11 Å². The van der Waals surface area contributed by atoms with Crippen LogP contribution in [0.25, 0.3) is 0 Å². The molecule has 1 N–H and O–H groups in total. The van der Waals surface area contributed by atoms with E-state index in [1.807, 2.05) is 12.1 Å². The van der Waals surface area contributed by atoms with E-state index in [4.69, 9.17) is 4.74 Å². The fraction of sp³-hybridized carbons (Fsp3) is 0.533. The summed E-state index contributed by atoms with van der Waals surface area (Å²) in [5.74, 6) is 0.782.